The lowest BCUT2D eigenvalue weighted by atomic mass is 10.1. The van der Waals surface area contributed by atoms with E-state index in [9.17, 15) is 5.11 Å². The first-order valence-electron chi connectivity index (χ1n) is 6.32. The van der Waals surface area contributed by atoms with Gasteiger partial charge in [-0.25, -0.2) is 0 Å². The molecule has 2 N–H and O–H groups in total. The van der Waals surface area contributed by atoms with Crippen LogP contribution in [0.5, 0.6) is 5.75 Å². The van der Waals surface area contributed by atoms with E-state index < -0.39 is 0 Å². The zero-order chi connectivity index (χ0) is 15.0. The first-order valence-corrected chi connectivity index (χ1v) is 6.32. The lowest BCUT2D eigenvalue weighted by molar-refractivity contribution is 0.431. The van der Waals surface area contributed by atoms with Crippen molar-refractivity contribution in [3.05, 3.63) is 41.1 Å². The number of aromatic amines is 1. The molecule has 0 aliphatic rings. The zero-order valence-electron chi connectivity index (χ0n) is 11.5. The van der Waals surface area contributed by atoms with Crippen LogP contribution in [0.15, 0.2) is 28.8 Å². The first-order chi connectivity index (χ1) is 10.1. The number of H-pyrrole nitrogens is 1. The number of aryl methyl sites for hydroxylation is 2. The Bertz CT molecular complexity index is 832. The molecular formula is C15H12N4O2. The van der Waals surface area contributed by atoms with E-state index in [1.807, 2.05) is 19.9 Å². The highest BCUT2D eigenvalue weighted by molar-refractivity contribution is 5.62. The van der Waals surface area contributed by atoms with Crippen molar-refractivity contribution in [1.82, 2.24) is 15.1 Å². The normalized spacial score (nSPS) is 10.5. The fourth-order valence-corrected chi connectivity index (χ4v) is 2.12. The molecule has 0 amide bonds. The molecule has 6 nitrogen and oxygen atoms in total. The molecule has 2 aromatic heterocycles. The second-order valence-corrected chi connectivity index (χ2v) is 4.78. The zero-order valence-corrected chi connectivity index (χ0v) is 11.5. The Kier molecular flexibility index (Phi) is 2.95. The number of nitrogens with zero attached hydrogens (tertiary/aromatic N) is 3. The van der Waals surface area contributed by atoms with Gasteiger partial charge in [-0.2, -0.15) is 10.2 Å². The van der Waals surface area contributed by atoms with Crippen LogP contribution in [-0.2, 0) is 0 Å². The van der Waals surface area contributed by atoms with Gasteiger partial charge in [-0.1, -0.05) is 5.16 Å². The Morgan fingerprint density at radius 2 is 1.95 bits per heavy atom. The SMILES string of the molecule is Cc1cc(-c2noc(-c3ccc(C#N)[nH]3)n2)cc(C)c1O. The van der Waals surface area contributed by atoms with Crippen molar-refractivity contribution in [2.24, 2.45) is 0 Å². The van der Waals surface area contributed by atoms with Gasteiger partial charge in [0, 0.05) is 5.56 Å². The van der Waals surface area contributed by atoms with E-state index in [1.54, 1.807) is 24.3 Å². The predicted octanol–water partition coefficient (Wildman–Crippen LogP) is 2.93. The Balaban J connectivity index is 2.00. The molecule has 0 aliphatic carbocycles. The van der Waals surface area contributed by atoms with Crippen LogP contribution in [0, 0.1) is 25.2 Å². The highest BCUT2D eigenvalue weighted by Gasteiger charge is 2.14. The summed E-state index contributed by atoms with van der Waals surface area (Å²) in [5, 5.41) is 22.5. The minimum atomic E-state index is 0.269. The quantitative estimate of drug-likeness (QED) is 0.752. The number of aromatic hydroxyl groups is 1. The fraction of sp³-hybridized carbons (Fsp3) is 0.133. The summed E-state index contributed by atoms with van der Waals surface area (Å²) in [5.41, 5.74) is 3.30. The molecule has 0 aliphatic heterocycles. The Morgan fingerprint density at radius 3 is 2.57 bits per heavy atom. The van der Waals surface area contributed by atoms with Crippen molar-refractivity contribution >= 4 is 0 Å². The van der Waals surface area contributed by atoms with Gasteiger partial charge in [0.05, 0.1) is 0 Å². The number of nitriles is 1. The average molecular weight is 280 g/mol. The number of aromatic nitrogens is 3. The van der Waals surface area contributed by atoms with Crippen LogP contribution in [-0.4, -0.2) is 20.2 Å². The summed E-state index contributed by atoms with van der Waals surface area (Å²) in [6.45, 7) is 3.63. The van der Waals surface area contributed by atoms with Gasteiger partial charge in [-0.3, -0.25) is 0 Å². The highest BCUT2D eigenvalue weighted by atomic mass is 16.5. The van der Waals surface area contributed by atoms with Crippen molar-refractivity contribution < 1.29 is 9.63 Å². The molecule has 0 spiro atoms. The molecule has 0 radical (unpaired) electrons. The molecule has 104 valence electrons. The molecule has 21 heavy (non-hydrogen) atoms. The Labute approximate surface area is 120 Å². The van der Waals surface area contributed by atoms with Crippen LogP contribution in [0.3, 0.4) is 0 Å². The van der Waals surface area contributed by atoms with E-state index in [4.69, 9.17) is 9.78 Å². The van der Waals surface area contributed by atoms with E-state index in [2.05, 4.69) is 15.1 Å². The maximum Gasteiger partial charge on any atom is 0.274 e. The van der Waals surface area contributed by atoms with Crippen molar-refractivity contribution in [3.63, 3.8) is 0 Å². The predicted molar refractivity (Wildman–Crippen MR) is 75.4 cm³/mol. The standard InChI is InChI=1S/C15H12N4O2/c1-8-5-10(6-9(2)13(8)20)14-18-15(21-19-14)12-4-3-11(7-16)17-12/h3-6,17,20H,1-2H3. The number of hydrogen-bond acceptors (Lipinski definition) is 5. The van der Waals surface area contributed by atoms with Crippen LogP contribution < -0.4 is 0 Å². The number of phenolic OH excluding ortho intramolecular Hbond substituents is 1. The van der Waals surface area contributed by atoms with Crippen LogP contribution in [0.4, 0.5) is 0 Å². The van der Waals surface area contributed by atoms with E-state index in [0.29, 0.717) is 23.1 Å². The molecule has 3 aromatic rings. The third-order valence-corrected chi connectivity index (χ3v) is 3.21. The van der Waals surface area contributed by atoms with Crippen molar-refractivity contribution in [1.29, 1.82) is 5.26 Å². The summed E-state index contributed by atoms with van der Waals surface area (Å²) < 4.78 is 5.21. The maximum atomic E-state index is 9.79. The lowest BCUT2D eigenvalue weighted by Crippen LogP contribution is -1.86. The molecule has 0 atom stereocenters. The molecule has 1 aromatic carbocycles. The van der Waals surface area contributed by atoms with Gasteiger partial charge in [-0.15, -0.1) is 0 Å². The molecule has 0 saturated heterocycles. The van der Waals surface area contributed by atoms with Gasteiger partial charge in [0.2, 0.25) is 5.82 Å². The molecule has 0 bridgehead atoms. The highest BCUT2D eigenvalue weighted by Crippen LogP contribution is 2.28. The largest absolute Gasteiger partial charge is 0.507 e. The monoisotopic (exact) mass is 280 g/mol. The van der Waals surface area contributed by atoms with Crippen LogP contribution in [0.2, 0.25) is 0 Å². The molecule has 6 heteroatoms. The number of nitrogens with one attached hydrogen (secondary N) is 1. The molecule has 0 fully saturated rings. The van der Waals surface area contributed by atoms with Crippen LogP contribution >= 0.6 is 0 Å². The average Bonchev–Trinajstić information content (AvgIpc) is 3.12. The summed E-state index contributed by atoms with van der Waals surface area (Å²) in [6.07, 6.45) is 0. The molecular weight excluding hydrogens is 268 g/mol. The van der Waals surface area contributed by atoms with Crippen LogP contribution in [0.25, 0.3) is 23.0 Å². The maximum absolute atomic E-state index is 9.79. The number of rotatable bonds is 2. The van der Waals surface area contributed by atoms with Gasteiger partial charge in [0.1, 0.15) is 23.2 Å². The topological polar surface area (TPSA) is 98.7 Å². The molecule has 0 saturated carbocycles. The fourth-order valence-electron chi connectivity index (χ4n) is 2.12. The smallest absolute Gasteiger partial charge is 0.274 e. The third kappa shape index (κ3) is 2.25. The van der Waals surface area contributed by atoms with E-state index in [1.165, 1.54) is 0 Å². The second kappa shape index (κ2) is 4.80. The Hall–Kier alpha value is -3.07. The molecule has 2 heterocycles. The van der Waals surface area contributed by atoms with Gasteiger partial charge < -0.3 is 14.6 Å². The van der Waals surface area contributed by atoms with Gasteiger partial charge in [-0.05, 0) is 49.2 Å². The van der Waals surface area contributed by atoms with Crippen LogP contribution in [0.1, 0.15) is 16.8 Å². The lowest BCUT2D eigenvalue weighted by Gasteiger charge is -2.04. The minimum Gasteiger partial charge on any atom is -0.507 e. The summed E-state index contributed by atoms with van der Waals surface area (Å²) in [4.78, 5) is 7.19. The molecule has 0 unspecified atom stereocenters. The summed E-state index contributed by atoms with van der Waals surface area (Å²) in [7, 11) is 0. The Morgan fingerprint density at radius 1 is 1.24 bits per heavy atom. The van der Waals surface area contributed by atoms with Gasteiger partial charge >= 0.3 is 0 Å². The second-order valence-electron chi connectivity index (χ2n) is 4.78. The van der Waals surface area contributed by atoms with Crippen molar-refractivity contribution in [2.45, 2.75) is 13.8 Å². The van der Waals surface area contributed by atoms with Crippen molar-refractivity contribution in [3.8, 4) is 34.8 Å². The molecule has 3 rings (SSSR count). The van der Waals surface area contributed by atoms with Gasteiger partial charge in [0.15, 0.2) is 0 Å². The summed E-state index contributed by atoms with van der Waals surface area (Å²) in [5.74, 6) is 1.02. The first kappa shape index (κ1) is 12.9. The summed E-state index contributed by atoms with van der Waals surface area (Å²) in [6, 6.07) is 8.96. The third-order valence-electron chi connectivity index (χ3n) is 3.21. The number of benzene rings is 1. The number of phenols is 1. The van der Waals surface area contributed by atoms with E-state index in [-0.39, 0.29) is 5.75 Å². The number of hydrogen-bond donors (Lipinski definition) is 2. The van der Waals surface area contributed by atoms with E-state index >= 15 is 0 Å². The van der Waals surface area contributed by atoms with E-state index in [0.717, 1.165) is 16.7 Å². The summed E-state index contributed by atoms with van der Waals surface area (Å²) >= 11 is 0. The van der Waals surface area contributed by atoms with Gasteiger partial charge in [0.25, 0.3) is 5.89 Å². The van der Waals surface area contributed by atoms with Crippen molar-refractivity contribution in [2.75, 3.05) is 0 Å². The minimum absolute atomic E-state index is 0.269.